The highest BCUT2D eigenvalue weighted by atomic mass is 19.1. The maximum Gasteiger partial charge on any atom is 0.440 e. The standard InChI is InChI=1S/C25H20FN3O4.C22H24FN5O3.C3H10N2/c1-31-21-12-15-11-20-23(19(15)14-22(21)32-2)29(25(30)33-18-9-4-3-5-10-18)28-24(20)27-17-8-6-7-16(26)13-17;1-24-7-8-25-22(29)28-20-16-12-19(31-3)18(30-2)10-13(16)9-17(20)21(27-28)26-15-6-4-5-14(23)11-15;1-5-3-2-4/h3-10,12-14H,11H2,1-2H3,(H,27,28);4-6,10-12,24H,7-9H2,1-3H3,(H,25,29)(H,26,27);5H,2-4H2,1H3. The number of nitrogens with one attached hydrogen (secondary N) is 5. The molecule has 1 amide bonds. The van der Waals surface area contributed by atoms with Gasteiger partial charge in [0.1, 0.15) is 17.4 Å². The zero-order valence-electron chi connectivity index (χ0n) is 39.0. The van der Waals surface area contributed by atoms with E-state index < -0.39 is 6.09 Å². The number of anilines is 4. The highest BCUT2D eigenvalue weighted by Crippen LogP contribution is 2.47. The largest absolute Gasteiger partial charge is 0.493 e. The first kappa shape index (κ1) is 48.9. The van der Waals surface area contributed by atoms with Crippen molar-refractivity contribution < 1.29 is 42.1 Å². The summed E-state index contributed by atoms with van der Waals surface area (Å²) in [6, 6.07) is 28.0. The molecule has 2 aliphatic carbocycles. The smallest absolute Gasteiger partial charge is 0.440 e. The summed E-state index contributed by atoms with van der Waals surface area (Å²) in [7, 11) is 9.97. The van der Waals surface area contributed by atoms with Gasteiger partial charge in [0.15, 0.2) is 34.6 Å². The average molecular weight is 945 g/mol. The van der Waals surface area contributed by atoms with Crippen LogP contribution in [0.25, 0.3) is 22.5 Å². The molecule has 5 aromatic carbocycles. The molecule has 19 heteroatoms. The zero-order valence-corrected chi connectivity index (χ0v) is 39.0. The molecule has 0 atom stereocenters. The summed E-state index contributed by atoms with van der Waals surface area (Å²) in [6.07, 6.45) is 0.390. The Bertz CT molecular complexity index is 2920. The van der Waals surface area contributed by atoms with Gasteiger partial charge in [0.05, 0.1) is 39.8 Å². The van der Waals surface area contributed by atoms with Crippen LogP contribution < -0.4 is 56.0 Å². The Kier molecular flexibility index (Phi) is 16.1. The Hall–Kier alpha value is -8.00. The van der Waals surface area contributed by atoms with Gasteiger partial charge < -0.3 is 56.0 Å². The number of rotatable bonds is 14. The van der Waals surface area contributed by atoms with Crippen LogP contribution in [0.2, 0.25) is 0 Å². The third kappa shape index (κ3) is 11.1. The number of amides is 1. The molecule has 0 saturated carbocycles. The number of methoxy groups -OCH3 is 4. The minimum absolute atomic E-state index is 0.346. The monoisotopic (exact) mass is 944 g/mol. The SMILES string of the molecule is CNCCN.CNCCNC(=O)n1nc(Nc2cccc(F)c2)c2c1-c1cc(OC)c(OC)cc1C2.COc1cc2c(cc1OC)-c1c(c(Nc3cccc(F)c3)nn1C(=O)Oc1ccccc1)C2. The van der Waals surface area contributed by atoms with Crippen LogP contribution >= 0.6 is 0 Å². The number of fused-ring (bicyclic) bond motifs is 6. The second kappa shape index (κ2) is 22.7. The van der Waals surface area contributed by atoms with E-state index in [1.54, 1.807) is 77.0 Å². The Balaban J connectivity index is 0.000000186. The number of hydrogen-bond donors (Lipinski definition) is 6. The predicted octanol–water partition coefficient (Wildman–Crippen LogP) is 7.70. The first-order valence-corrected chi connectivity index (χ1v) is 21.9. The molecule has 7 N–H and O–H groups in total. The van der Waals surface area contributed by atoms with Crippen molar-refractivity contribution in [2.45, 2.75) is 12.8 Å². The lowest BCUT2D eigenvalue weighted by molar-refractivity contribution is 0.199. The van der Waals surface area contributed by atoms with Crippen molar-refractivity contribution in [3.8, 4) is 51.3 Å². The molecular weight excluding hydrogens is 891 g/mol. The topological polar surface area (TPSA) is 202 Å². The quantitative estimate of drug-likeness (QED) is 0.0579. The third-order valence-corrected chi connectivity index (χ3v) is 11.0. The normalized spacial score (nSPS) is 11.3. The summed E-state index contributed by atoms with van der Waals surface area (Å²) in [5.74, 6) is 2.91. The van der Waals surface area contributed by atoms with Crippen LogP contribution in [0.3, 0.4) is 0 Å². The summed E-state index contributed by atoms with van der Waals surface area (Å²) in [4.78, 5) is 26.0. The molecule has 360 valence electrons. The first-order chi connectivity index (χ1) is 33.5. The molecule has 0 radical (unpaired) electrons. The van der Waals surface area contributed by atoms with Gasteiger partial charge in [0, 0.05) is 72.6 Å². The number of benzene rings is 5. The number of aromatic nitrogens is 4. The molecule has 0 saturated heterocycles. The van der Waals surface area contributed by atoms with E-state index in [2.05, 4.69) is 36.8 Å². The van der Waals surface area contributed by atoms with E-state index in [0.29, 0.717) is 89.1 Å². The van der Waals surface area contributed by atoms with Crippen molar-refractivity contribution >= 4 is 35.1 Å². The molecule has 17 nitrogen and oxygen atoms in total. The fraction of sp³-hybridized carbons (Fsp3) is 0.240. The lowest BCUT2D eigenvalue weighted by atomic mass is 10.1. The van der Waals surface area contributed by atoms with Crippen LogP contribution in [0.4, 0.5) is 41.4 Å². The number of nitrogens with two attached hydrogens (primary N) is 1. The number of hydrogen-bond acceptors (Lipinski definition) is 14. The molecule has 7 aromatic rings. The second-order valence-corrected chi connectivity index (χ2v) is 15.4. The van der Waals surface area contributed by atoms with E-state index >= 15 is 0 Å². The van der Waals surface area contributed by atoms with E-state index in [1.807, 2.05) is 44.4 Å². The summed E-state index contributed by atoms with van der Waals surface area (Å²) >= 11 is 0. The van der Waals surface area contributed by atoms with E-state index in [4.69, 9.17) is 29.4 Å². The molecule has 9 rings (SSSR count). The van der Waals surface area contributed by atoms with Crippen LogP contribution in [0.1, 0.15) is 22.3 Å². The van der Waals surface area contributed by atoms with Gasteiger partial charge in [-0.15, -0.1) is 10.2 Å². The molecule has 0 unspecified atom stereocenters. The highest BCUT2D eigenvalue weighted by molar-refractivity contribution is 5.91. The van der Waals surface area contributed by atoms with Crippen LogP contribution in [-0.4, -0.2) is 100 Å². The Morgan fingerprint density at radius 1 is 0.609 bits per heavy atom. The molecule has 0 spiro atoms. The van der Waals surface area contributed by atoms with Crippen molar-refractivity contribution in [2.75, 3.05) is 79.3 Å². The zero-order chi connectivity index (χ0) is 49.0. The molecule has 0 fully saturated rings. The summed E-state index contributed by atoms with van der Waals surface area (Å²) in [5, 5.41) is 24.0. The lowest BCUT2D eigenvalue weighted by Gasteiger charge is -2.12. The van der Waals surface area contributed by atoms with Gasteiger partial charge in [-0.25, -0.2) is 18.4 Å². The number of carbonyl (C=O) groups excluding carboxylic acids is 2. The number of para-hydroxylation sites is 1. The van der Waals surface area contributed by atoms with Gasteiger partial charge in [-0.1, -0.05) is 30.3 Å². The average Bonchev–Trinajstić information content (AvgIpc) is 4.11. The number of halogens is 2. The maximum absolute atomic E-state index is 13.7. The lowest BCUT2D eigenvalue weighted by Crippen LogP contribution is -2.34. The Morgan fingerprint density at radius 2 is 1.09 bits per heavy atom. The fourth-order valence-electron chi connectivity index (χ4n) is 7.78. The van der Waals surface area contributed by atoms with Crippen LogP contribution in [-0.2, 0) is 12.8 Å². The van der Waals surface area contributed by atoms with Crippen molar-refractivity contribution in [2.24, 2.45) is 5.73 Å². The Morgan fingerprint density at radius 3 is 1.54 bits per heavy atom. The summed E-state index contributed by atoms with van der Waals surface area (Å²) in [6.45, 7) is 2.73. The van der Waals surface area contributed by atoms with Gasteiger partial charge in [-0.2, -0.15) is 9.36 Å². The van der Waals surface area contributed by atoms with Gasteiger partial charge >= 0.3 is 12.1 Å². The fourth-order valence-corrected chi connectivity index (χ4v) is 7.78. The van der Waals surface area contributed by atoms with Crippen LogP contribution in [0, 0.1) is 11.6 Å². The third-order valence-electron chi connectivity index (χ3n) is 11.0. The van der Waals surface area contributed by atoms with E-state index in [9.17, 15) is 18.4 Å². The second-order valence-electron chi connectivity index (χ2n) is 15.4. The van der Waals surface area contributed by atoms with Crippen molar-refractivity contribution in [3.63, 3.8) is 0 Å². The molecule has 0 bridgehead atoms. The molecule has 0 aliphatic heterocycles. The predicted molar refractivity (Wildman–Crippen MR) is 260 cm³/mol. The number of carbonyl (C=O) groups is 2. The first-order valence-electron chi connectivity index (χ1n) is 21.9. The molecular formula is C50H54F2N10O7. The van der Waals surface area contributed by atoms with Crippen LogP contribution in [0.5, 0.6) is 28.7 Å². The van der Waals surface area contributed by atoms with Crippen molar-refractivity contribution in [1.29, 1.82) is 0 Å². The number of ether oxygens (including phenoxy) is 5. The molecule has 2 heterocycles. The maximum atomic E-state index is 13.7. The minimum Gasteiger partial charge on any atom is -0.493 e. The minimum atomic E-state index is -0.660. The molecule has 2 aromatic heterocycles. The van der Waals surface area contributed by atoms with Crippen LogP contribution in [0.15, 0.2) is 103 Å². The van der Waals surface area contributed by atoms with Gasteiger partial charge in [0.2, 0.25) is 0 Å². The highest BCUT2D eigenvalue weighted by Gasteiger charge is 2.34. The summed E-state index contributed by atoms with van der Waals surface area (Å²) < 4.78 is 57.3. The number of likely N-dealkylation sites (N-methyl/N-ethyl adjacent to an activating group) is 2. The van der Waals surface area contributed by atoms with Gasteiger partial charge in [-0.3, -0.25) is 0 Å². The molecule has 69 heavy (non-hydrogen) atoms. The molecule has 2 aliphatic rings. The van der Waals surface area contributed by atoms with Crippen molar-refractivity contribution in [3.05, 3.63) is 137 Å². The van der Waals surface area contributed by atoms with E-state index in [0.717, 1.165) is 46.5 Å². The summed E-state index contributed by atoms with van der Waals surface area (Å²) in [5.41, 5.74) is 12.6. The van der Waals surface area contributed by atoms with Gasteiger partial charge in [-0.05, 0) is 98.0 Å². The van der Waals surface area contributed by atoms with Crippen molar-refractivity contribution in [1.82, 2.24) is 35.5 Å². The number of nitrogens with zero attached hydrogens (tertiary/aromatic N) is 4. The van der Waals surface area contributed by atoms with E-state index in [-0.39, 0.29) is 17.7 Å². The Labute approximate surface area is 397 Å². The van der Waals surface area contributed by atoms with Gasteiger partial charge in [0.25, 0.3) is 0 Å². The van der Waals surface area contributed by atoms with E-state index in [1.165, 1.54) is 33.6 Å².